The highest BCUT2D eigenvalue weighted by Gasteiger charge is 2.13. The molecule has 3 nitrogen and oxygen atoms in total. The number of carbonyl (C=O) groups excluding carboxylic acids is 1. The zero-order valence-electron chi connectivity index (χ0n) is 10.9. The third-order valence-corrected chi connectivity index (χ3v) is 2.84. The highest BCUT2D eigenvalue weighted by molar-refractivity contribution is 7.81. The number of rotatable bonds is 7. The van der Waals surface area contributed by atoms with Gasteiger partial charge in [-0.05, 0) is 25.8 Å². The molecule has 0 saturated carbocycles. The first-order chi connectivity index (χ1) is 8.59. The minimum absolute atomic E-state index is 0.0467. The van der Waals surface area contributed by atoms with E-state index in [0.29, 0.717) is 19.6 Å². The monoisotopic (exact) mass is 267 g/mol. The Morgan fingerprint density at radius 2 is 2.00 bits per heavy atom. The van der Waals surface area contributed by atoms with Gasteiger partial charge in [0.25, 0.3) is 0 Å². The van der Waals surface area contributed by atoms with Crippen LogP contribution in [0.4, 0.5) is 0 Å². The van der Waals surface area contributed by atoms with Crippen molar-refractivity contribution in [1.29, 1.82) is 0 Å². The zero-order valence-corrected chi connectivity index (χ0v) is 11.8. The van der Waals surface area contributed by atoms with Crippen LogP contribution in [-0.4, -0.2) is 30.4 Å². The summed E-state index contributed by atoms with van der Waals surface area (Å²) >= 11 is 4.33. The number of hydrogen-bond acceptors (Lipinski definition) is 3. The molecule has 0 fully saturated rings. The quantitative estimate of drug-likeness (QED) is 0.586. The van der Waals surface area contributed by atoms with E-state index in [0.717, 1.165) is 5.56 Å². The van der Waals surface area contributed by atoms with E-state index in [1.807, 2.05) is 44.2 Å². The van der Waals surface area contributed by atoms with Crippen LogP contribution in [0.15, 0.2) is 30.3 Å². The molecule has 0 spiro atoms. The molecule has 1 atom stereocenters. The summed E-state index contributed by atoms with van der Waals surface area (Å²) in [5.74, 6) is -0.0467. The third-order valence-electron chi connectivity index (χ3n) is 2.43. The molecule has 0 radical (unpaired) electrons. The summed E-state index contributed by atoms with van der Waals surface area (Å²) in [5, 5.41) is 2.50. The summed E-state index contributed by atoms with van der Waals surface area (Å²) in [5.41, 5.74) is 1.12. The molecule has 0 bridgehead atoms. The van der Waals surface area contributed by atoms with Crippen LogP contribution in [0.3, 0.4) is 0 Å². The van der Waals surface area contributed by atoms with Crippen LogP contribution in [0.25, 0.3) is 0 Å². The number of hydrogen-bond donors (Lipinski definition) is 2. The molecule has 0 aliphatic heterocycles. The molecule has 1 aromatic rings. The van der Waals surface area contributed by atoms with Gasteiger partial charge in [-0.15, -0.1) is 0 Å². The van der Waals surface area contributed by atoms with Crippen LogP contribution < -0.4 is 5.32 Å². The van der Waals surface area contributed by atoms with Crippen molar-refractivity contribution < 1.29 is 9.53 Å². The molecular formula is C14H21NO2S. The summed E-state index contributed by atoms with van der Waals surface area (Å²) in [6.07, 6.45) is 0.832. The Hall–Kier alpha value is -1.00. The van der Waals surface area contributed by atoms with Crippen LogP contribution in [0.5, 0.6) is 0 Å². The van der Waals surface area contributed by atoms with Crippen molar-refractivity contribution in [3.05, 3.63) is 35.9 Å². The minimum atomic E-state index is -0.313. The fourth-order valence-corrected chi connectivity index (χ4v) is 1.82. The molecule has 0 aliphatic rings. The first kappa shape index (κ1) is 15.1. The Bertz CT molecular complexity index is 354. The number of thiol groups is 1. The van der Waals surface area contributed by atoms with Crippen LogP contribution in [0, 0.1) is 0 Å². The van der Waals surface area contributed by atoms with E-state index in [-0.39, 0.29) is 17.3 Å². The van der Waals surface area contributed by atoms with Gasteiger partial charge in [0.15, 0.2) is 0 Å². The van der Waals surface area contributed by atoms with Gasteiger partial charge in [0.2, 0.25) is 5.91 Å². The van der Waals surface area contributed by atoms with E-state index >= 15 is 0 Å². The zero-order chi connectivity index (χ0) is 13.4. The Morgan fingerprint density at radius 3 is 2.61 bits per heavy atom. The molecule has 18 heavy (non-hydrogen) atoms. The van der Waals surface area contributed by atoms with Gasteiger partial charge < -0.3 is 10.1 Å². The number of ether oxygens (including phenoxy) is 1. The van der Waals surface area contributed by atoms with Gasteiger partial charge in [0, 0.05) is 6.54 Å². The lowest BCUT2D eigenvalue weighted by Gasteiger charge is -2.12. The van der Waals surface area contributed by atoms with Gasteiger partial charge in [-0.2, -0.15) is 12.6 Å². The predicted octanol–water partition coefficient (Wildman–Crippen LogP) is 2.07. The van der Waals surface area contributed by atoms with Crippen molar-refractivity contribution >= 4 is 18.5 Å². The van der Waals surface area contributed by atoms with Crippen LogP contribution in [0.2, 0.25) is 0 Å². The van der Waals surface area contributed by atoms with E-state index in [1.54, 1.807) is 0 Å². The van der Waals surface area contributed by atoms with Gasteiger partial charge in [0.05, 0.1) is 18.0 Å². The lowest BCUT2D eigenvalue weighted by Crippen LogP contribution is -2.35. The van der Waals surface area contributed by atoms with E-state index in [9.17, 15) is 4.79 Å². The van der Waals surface area contributed by atoms with Crippen molar-refractivity contribution in [3.8, 4) is 0 Å². The second-order valence-corrected chi connectivity index (χ2v) is 5.04. The summed E-state index contributed by atoms with van der Waals surface area (Å²) < 4.78 is 5.35. The molecule has 1 N–H and O–H groups in total. The second-order valence-electron chi connectivity index (χ2n) is 4.42. The predicted molar refractivity (Wildman–Crippen MR) is 77.0 cm³/mol. The minimum Gasteiger partial charge on any atom is -0.377 e. The summed E-state index contributed by atoms with van der Waals surface area (Å²) in [7, 11) is 0. The fourth-order valence-electron chi connectivity index (χ4n) is 1.52. The summed E-state index contributed by atoms with van der Waals surface area (Å²) in [4.78, 5) is 11.7. The Morgan fingerprint density at radius 1 is 1.33 bits per heavy atom. The molecule has 1 rings (SSSR count). The van der Waals surface area contributed by atoms with Gasteiger partial charge in [-0.3, -0.25) is 4.79 Å². The molecule has 1 aromatic carbocycles. The van der Waals surface area contributed by atoms with E-state index in [2.05, 4.69) is 17.9 Å². The van der Waals surface area contributed by atoms with Crippen molar-refractivity contribution in [2.45, 2.75) is 31.6 Å². The lowest BCUT2D eigenvalue weighted by atomic mass is 10.1. The van der Waals surface area contributed by atoms with Crippen LogP contribution in [-0.2, 0) is 16.0 Å². The smallest absolute Gasteiger partial charge is 0.233 e. The lowest BCUT2D eigenvalue weighted by molar-refractivity contribution is -0.120. The Balaban J connectivity index is 2.25. The molecule has 0 saturated heterocycles. The number of benzene rings is 1. The maximum absolute atomic E-state index is 11.7. The number of carbonyl (C=O) groups is 1. The Labute approximate surface area is 114 Å². The van der Waals surface area contributed by atoms with Crippen molar-refractivity contribution in [2.75, 3.05) is 13.2 Å². The molecule has 4 heteroatoms. The van der Waals surface area contributed by atoms with Crippen LogP contribution >= 0.6 is 12.6 Å². The summed E-state index contributed by atoms with van der Waals surface area (Å²) in [6, 6.07) is 9.88. The SMILES string of the molecule is CC(C)OCCNC(=O)C(S)Cc1ccccc1. The third kappa shape index (κ3) is 6.07. The normalized spacial score (nSPS) is 12.4. The maximum atomic E-state index is 11.7. The molecule has 1 amide bonds. The van der Waals surface area contributed by atoms with Crippen LogP contribution in [0.1, 0.15) is 19.4 Å². The van der Waals surface area contributed by atoms with E-state index in [1.165, 1.54) is 0 Å². The standard InChI is InChI=1S/C14H21NO2S/c1-11(2)17-9-8-15-14(16)13(18)10-12-6-4-3-5-7-12/h3-7,11,13,18H,8-10H2,1-2H3,(H,15,16). The number of nitrogens with one attached hydrogen (secondary N) is 1. The first-order valence-corrected chi connectivity index (χ1v) is 6.72. The molecule has 0 aliphatic carbocycles. The number of amides is 1. The van der Waals surface area contributed by atoms with E-state index < -0.39 is 0 Å². The highest BCUT2D eigenvalue weighted by atomic mass is 32.1. The van der Waals surface area contributed by atoms with E-state index in [4.69, 9.17) is 4.74 Å². The Kier molecular flexibility index (Phi) is 6.83. The van der Waals surface area contributed by atoms with Gasteiger partial charge in [0.1, 0.15) is 0 Å². The average molecular weight is 267 g/mol. The van der Waals surface area contributed by atoms with Gasteiger partial charge in [-0.25, -0.2) is 0 Å². The van der Waals surface area contributed by atoms with Crippen molar-refractivity contribution in [1.82, 2.24) is 5.32 Å². The maximum Gasteiger partial charge on any atom is 0.233 e. The topological polar surface area (TPSA) is 38.3 Å². The highest BCUT2D eigenvalue weighted by Crippen LogP contribution is 2.07. The second kappa shape index (κ2) is 8.16. The molecular weight excluding hydrogens is 246 g/mol. The summed E-state index contributed by atoms with van der Waals surface area (Å²) in [6.45, 7) is 5.01. The average Bonchev–Trinajstić information content (AvgIpc) is 2.35. The first-order valence-electron chi connectivity index (χ1n) is 6.21. The molecule has 100 valence electrons. The molecule has 1 unspecified atom stereocenters. The van der Waals surface area contributed by atoms with Crippen molar-refractivity contribution in [3.63, 3.8) is 0 Å². The fraction of sp³-hybridized carbons (Fsp3) is 0.500. The molecule has 0 aromatic heterocycles. The van der Waals surface area contributed by atoms with Gasteiger partial charge in [-0.1, -0.05) is 30.3 Å². The molecule has 0 heterocycles. The van der Waals surface area contributed by atoms with Gasteiger partial charge >= 0.3 is 0 Å². The largest absolute Gasteiger partial charge is 0.377 e. The van der Waals surface area contributed by atoms with Crippen molar-refractivity contribution in [2.24, 2.45) is 0 Å².